The molecule has 5 rings (SSSR count). The smallest absolute Gasteiger partial charge is 0.408 e. The highest BCUT2D eigenvalue weighted by molar-refractivity contribution is 6.30. The van der Waals surface area contributed by atoms with Gasteiger partial charge in [-0.3, -0.25) is 9.69 Å². The van der Waals surface area contributed by atoms with E-state index in [9.17, 15) is 14.4 Å². The number of carbonyl (C=O) groups is 3. The Kier molecular flexibility index (Phi) is 10.7. The van der Waals surface area contributed by atoms with Crippen molar-refractivity contribution in [3.63, 3.8) is 0 Å². The first-order valence-corrected chi connectivity index (χ1v) is 16.7. The second-order valence-electron chi connectivity index (χ2n) is 13.8. The van der Waals surface area contributed by atoms with Crippen molar-refractivity contribution < 1.29 is 28.6 Å². The maximum Gasteiger partial charge on any atom is 0.408 e. The Bertz CT molecular complexity index is 1790. The van der Waals surface area contributed by atoms with Crippen molar-refractivity contribution in [1.29, 1.82) is 0 Å². The van der Waals surface area contributed by atoms with Crippen molar-refractivity contribution in [3.05, 3.63) is 141 Å². The van der Waals surface area contributed by atoms with Crippen LogP contribution in [0.25, 0.3) is 0 Å². The first-order valence-electron chi connectivity index (χ1n) is 16.0. The predicted octanol–water partition coefficient (Wildman–Crippen LogP) is 8.70. The van der Waals surface area contributed by atoms with E-state index in [1.165, 1.54) is 0 Å². The molecule has 0 fully saturated rings. The summed E-state index contributed by atoms with van der Waals surface area (Å²) in [6.45, 7) is 9.31. The molecule has 2 amide bonds. The third kappa shape index (κ3) is 8.44. The lowest BCUT2D eigenvalue weighted by Crippen LogP contribution is -2.48. The van der Waals surface area contributed by atoms with Gasteiger partial charge in [0.2, 0.25) is 0 Å². The number of carbonyl (C=O) groups excluding carboxylic acids is 3. The number of fused-ring (bicyclic) bond motifs is 1. The lowest BCUT2D eigenvalue weighted by Gasteiger charge is -2.41. The first kappa shape index (κ1) is 35.9. The molecule has 0 saturated carbocycles. The van der Waals surface area contributed by atoms with Crippen LogP contribution in [0.3, 0.4) is 0 Å². The van der Waals surface area contributed by atoms with E-state index in [0.717, 1.165) is 5.56 Å². The van der Waals surface area contributed by atoms with E-state index >= 15 is 0 Å². The van der Waals surface area contributed by atoms with E-state index in [0.29, 0.717) is 32.3 Å². The Morgan fingerprint density at radius 2 is 1.39 bits per heavy atom. The van der Waals surface area contributed by atoms with Crippen molar-refractivity contribution in [2.24, 2.45) is 5.41 Å². The van der Waals surface area contributed by atoms with Crippen molar-refractivity contribution in [3.8, 4) is 0 Å². The first-order chi connectivity index (χ1) is 23.2. The Balaban J connectivity index is 1.42. The van der Waals surface area contributed by atoms with E-state index in [1.54, 1.807) is 80.3 Å². The van der Waals surface area contributed by atoms with E-state index < -0.39 is 34.8 Å². The summed E-state index contributed by atoms with van der Waals surface area (Å²) < 4.78 is 18.2. The highest BCUT2D eigenvalue weighted by Crippen LogP contribution is 2.47. The van der Waals surface area contributed by atoms with E-state index in [-0.39, 0.29) is 25.7 Å². The molecule has 2 atom stereocenters. The highest BCUT2D eigenvalue weighted by atomic mass is 35.5. The molecule has 49 heavy (non-hydrogen) atoms. The predicted molar refractivity (Wildman–Crippen MR) is 189 cm³/mol. The lowest BCUT2D eigenvalue weighted by molar-refractivity contribution is -0.159. The molecule has 1 aliphatic rings. The molecule has 0 aromatic heterocycles. The van der Waals surface area contributed by atoms with Crippen LogP contribution < -0.4 is 5.32 Å². The quantitative estimate of drug-likeness (QED) is 0.157. The summed E-state index contributed by atoms with van der Waals surface area (Å²) in [6.07, 6.45) is -0.740. The topological polar surface area (TPSA) is 94.2 Å². The Hall–Kier alpha value is -4.37. The number of nitrogens with one attached hydrogen (secondary N) is 1. The number of benzene rings is 4. The van der Waals surface area contributed by atoms with Gasteiger partial charge in [0, 0.05) is 38.7 Å². The van der Waals surface area contributed by atoms with Crippen LogP contribution in [0.2, 0.25) is 10.0 Å². The van der Waals surface area contributed by atoms with Gasteiger partial charge in [-0.05, 0) is 62.2 Å². The summed E-state index contributed by atoms with van der Waals surface area (Å²) in [5.74, 6) is -0.841. The molecule has 0 aliphatic carbocycles. The van der Waals surface area contributed by atoms with Gasteiger partial charge in [-0.25, -0.2) is 9.59 Å². The zero-order chi connectivity index (χ0) is 35.4. The minimum Gasteiger partial charge on any atom is -0.463 e. The molecule has 10 heteroatoms. The second kappa shape index (κ2) is 14.6. The summed E-state index contributed by atoms with van der Waals surface area (Å²) >= 11 is 12.5. The molecule has 0 saturated heterocycles. The second-order valence-corrected chi connectivity index (χ2v) is 14.6. The number of alkyl carbamates (subject to hydrolysis) is 1. The molecule has 4 aromatic carbocycles. The van der Waals surface area contributed by atoms with E-state index in [2.05, 4.69) is 5.32 Å². The number of rotatable bonds is 11. The summed E-state index contributed by atoms with van der Waals surface area (Å²) in [5.41, 5.74) is 0.514. The Labute approximate surface area is 297 Å². The number of ether oxygens (including phenoxy) is 3. The van der Waals surface area contributed by atoms with Crippen molar-refractivity contribution in [2.45, 2.75) is 58.5 Å². The van der Waals surface area contributed by atoms with Gasteiger partial charge in [0.15, 0.2) is 11.8 Å². The van der Waals surface area contributed by atoms with Crippen LogP contribution in [0.5, 0.6) is 0 Å². The highest BCUT2D eigenvalue weighted by Gasteiger charge is 2.52. The average molecular weight is 704 g/mol. The van der Waals surface area contributed by atoms with E-state index in [1.807, 2.05) is 62.4 Å². The minimum atomic E-state index is -1.33. The summed E-state index contributed by atoms with van der Waals surface area (Å²) in [5, 5.41) is 3.79. The van der Waals surface area contributed by atoms with Crippen molar-refractivity contribution in [2.75, 3.05) is 13.2 Å². The number of nitrogens with zero attached hydrogens (tertiary/aromatic N) is 1. The largest absolute Gasteiger partial charge is 0.463 e. The zero-order valence-corrected chi connectivity index (χ0v) is 29.7. The summed E-state index contributed by atoms with van der Waals surface area (Å²) in [6, 6.07) is 29.7. The monoisotopic (exact) mass is 702 g/mol. The maximum atomic E-state index is 14.1. The van der Waals surface area contributed by atoms with E-state index in [4.69, 9.17) is 37.4 Å². The van der Waals surface area contributed by atoms with Crippen LogP contribution in [0, 0.1) is 5.41 Å². The van der Waals surface area contributed by atoms with Gasteiger partial charge in [-0.1, -0.05) is 110 Å². The molecule has 4 aromatic rings. The van der Waals surface area contributed by atoms with Gasteiger partial charge in [-0.15, -0.1) is 0 Å². The van der Waals surface area contributed by atoms with Crippen molar-refractivity contribution in [1.82, 2.24) is 10.2 Å². The number of hydrogen-bond donors (Lipinski definition) is 1. The third-order valence-electron chi connectivity index (χ3n) is 7.94. The SMILES string of the molecule is CC(C)(COC(=O)[C@@H](NC(=O)OC(C)(C)C)c1ccccc1)COC1(c2ccc(Cl)cc2)c2ccccc2C(=O)N1Cc1ccc(Cl)cc1. The van der Waals surface area contributed by atoms with Gasteiger partial charge < -0.3 is 19.5 Å². The zero-order valence-electron chi connectivity index (χ0n) is 28.2. The summed E-state index contributed by atoms with van der Waals surface area (Å²) in [4.78, 5) is 42.1. The van der Waals surface area contributed by atoms with Crippen molar-refractivity contribution >= 4 is 41.2 Å². The Morgan fingerprint density at radius 3 is 2.02 bits per heavy atom. The number of hydrogen-bond acceptors (Lipinski definition) is 6. The normalized spacial score (nSPS) is 16.6. The van der Waals surface area contributed by atoms with Gasteiger partial charge in [0.25, 0.3) is 5.91 Å². The molecule has 256 valence electrons. The fourth-order valence-corrected chi connectivity index (χ4v) is 5.87. The molecule has 0 radical (unpaired) electrons. The van der Waals surface area contributed by atoms with Gasteiger partial charge in [0.1, 0.15) is 5.60 Å². The van der Waals surface area contributed by atoms with Gasteiger partial charge in [-0.2, -0.15) is 0 Å². The minimum absolute atomic E-state index is 0.0470. The van der Waals surface area contributed by atoms with Crippen LogP contribution in [0.15, 0.2) is 103 Å². The third-order valence-corrected chi connectivity index (χ3v) is 8.45. The lowest BCUT2D eigenvalue weighted by atomic mass is 9.91. The van der Waals surface area contributed by atoms with Crippen LogP contribution in [-0.2, 0) is 31.3 Å². The fourth-order valence-electron chi connectivity index (χ4n) is 5.62. The van der Waals surface area contributed by atoms with Crippen LogP contribution in [-0.4, -0.2) is 41.7 Å². The molecular weight excluding hydrogens is 663 g/mol. The fraction of sp³-hybridized carbons (Fsp3) is 0.308. The molecule has 8 nitrogen and oxygen atoms in total. The van der Waals surface area contributed by atoms with Crippen LogP contribution in [0.4, 0.5) is 4.79 Å². The molecule has 1 heterocycles. The Morgan fingerprint density at radius 1 is 0.796 bits per heavy atom. The number of halogens is 2. The molecule has 1 unspecified atom stereocenters. The van der Waals surface area contributed by atoms with Gasteiger partial charge >= 0.3 is 12.1 Å². The molecule has 0 spiro atoms. The molecular formula is C39H40Cl2N2O6. The molecule has 1 N–H and O–H groups in total. The standard InChI is InChI=1S/C39H40Cl2N2O6/c1-37(2,3)49-36(46)42-33(27-11-7-6-8-12-27)35(45)47-24-38(4,5)25-48-39(28-17-21-30(41)22-18-28)32-14-10-9-13-31(32)34(44)43(39)23-26-15-19-29(40)20-16-26/h6-22,33H,23-25H2,1-5H3,(H,42,46)/t33-,39?/m0/s1. The van der Waals surface area contributed by atoms with Gasteiger partial charge in [0.05, 0.1) is 13.2 Å². The van der Waals surface area contributed by atoms with Crippen LogP contribution in [0.1, 0.15) is 73.3 Å². The average Bonchev–Trinajstić information content (AvgIpc) is 3.30. The summed E-state index contributed by atoms with van der Waals surface area (Å²) in [7, 11) is 0. The van der Waals surface area contributed by atoms with Crippen LogP contribution >= 0.6 is 23.2 Å². The molecule has 0 bridgehead atoms. The number of amides is 2. The maximum absolute atomic E-state index is 14.1. The number of esters is 1. The molecule has 1 aliphatic heterocycles.